The van der Waals surface area contributed by atoms with Gasteiger partial charge in [-0.15, -0.1) is 0 Å². The van der Waals surface area contributed by atoms with Crippen LogP contribution in [0, 0.1) is 0 Å². The van der Waals surface area contributed by atoms with E-state index in [4.69, 9.17) is 4.74 Å². The third kappa shape index (κ3) is 5.28. The maximum atomic E-state index is 13.1. The lowest BCUT2D eigenvalue weighted by atomic mass is 9.87. The fraction of sp³-hybridized carbons (Fsp3) is 0.591. The molecule has 29 heavy (non-hydrogen) atoms. The fourth-order valence-electron chi connectivity index (χ4n) is 3.70. The van der Waals surface area contributed by atoms with Gasteiger partial charge in [0.15, 0.2) is 0 Å². The van der Waals surface area contributed by atoms with Crippen molar-refractivity contribution >= 4 is 17.8 Å². The third-order valence-corrected chi connectivity index (χ3v) is 5.49. The molecule has 1 saturated heterocycles. The predicted molar refractivity (Wildman–Crippen MR) is 112 cm³/mol. The highest BCUT2D eigenvalue weighted by molar-refractivity contribution is 6.09. The van der Waals surface area contributed by atoms with Crippen molar-refractivity contribution in [1.82, 2.24) is 15.5 Å². The number of carbonyl (C=O) groups is 3. The van der Waals surface area contributed by atoms with Gasteiger partial charge in [-0.25, -0.2) is 4.79 Å². The van der Waals surface area contributed by atoms with Crippen LogP contribution in [0.4, 0.5) is 4.79 Å². The number of unbranched alkanes of at least 4 members (excludes halogenated alkanes) is 3. The molecule has 1 aromatic rings. The molecular formula is C22H33N3O4. The Morgan fingerprint density at radius 2 is 1.86 bits per heavy atom. The van der Waals surface area contributed by atoms with Gasteiger partial charge in [0, 0.05) is 6.04 Å². The first kappa shape index (κ1) is 22.7. The van der Waals surface area contributed by atoms with Gasteiger partial charge in [0.25, 0.3) is 5.91 Å². The molecule has 1 aliphatic heterocycles. The summed E-state index contributed by atoms with van der Waals surface area (Å²) in [5.41, 5.74) is -0.485. The Balaban J connectivity index is 2.02. The smallest absolute Gasteiger partial charge is 0.325 e. The van der Waals surface area contributed by atoms with Crippen molar-refractivity contribution in [3.63, 3.8) is 0 Å². The molecule has 1 heterocycles. The number of ether oxygens (including phenoxy) is 1. The van der Waals surface area contributed by atoms with Crippen LogP contribution < -0.4 is 15.4 Å². The van der Waals surface area contributed by atoms with E-state index in [0.29, 0.717) is 17.7 Å². The second kappa shape index (κ2) is 10.3. The third-order valence-electron chi connectivity index (χ3n) is 5.49. The van der Waals surface area contributed by atoms with E-state index in [0.717, 1.165) is 24.2 Å². The second-order valence-electron chi connectivity index (χ2n) is 7.63. The zero-order valence-electron chi connectivity index (χ0n) is 17.9. The van der Waals surface area contributed by atoms with Crippen molar-refractivity contribution in [2.75, 3.05) is 13.7 Å². The zero-order chi connectivity index (χ0) is 21.4. The fourth-order valence-corrected chi connectivity index (χ4v) is 3.70. The standard InChI is InChI=1S/C22H33N3O4/c1-5-7-8-9-10-16(3)23-19(26)15-25-20(27)22(6-2,24-21(25)28)17-11-13-18(29-4)14-12-17/h11-14,16H,5-10,15H2,1-4H3,(H,23,26)(H,24,28)/t16-,22-/m1/s1. The highest BCUT2D eigenvalue weighted by atomic mass is 16.5. The molecule has 0 unspecified atom stereocenters. The number of nitrogens with one attached hydrogen (secondary N) is 2. The number of hydrogen-bond acceptors (Lipinski definition) is 4. The molecule has 1 aliphatic rings. The molecule has 0 spiro atoms. The van der Waals surface area contributed by atoms with E-state index in [2.05, 4.69) is 17.6 Å². The molecule has 2 N–H and O–H groups in total. The Bertz CT molecular complexity index is 719. The van der Waals surface area contributed by atoms with Gasteiger partial charge in [0.05, 0.1) is 7.11 Å². The highest BCUT2D eigenvalue weighted by Gasteiger charge is 2.51. The van der Waals surface area contributed by atoms with E-state index in [9.17, 15) is 14.4 Å². The molecule has 7 nitrogen and oxygen atoms in total. The number of carbonyl (C=O) groups excluding carboxylic acids is 3. The number of nitrogens with zero attached hydrogens (tertiary/aromatic N) is 1. The van der Waals surface area contributed by atoms with Crippen molar-refractivity contribution in [3.05, 3.63) is 29.8 Å². The second-order valence-corrected chi connectivity index (χ2v) is 7.63. The lowest BCUT2D eigenvalue weighted by Crippen LogP contribution is -2.45. The van der Waals surface area contributed by atoms with Crippen LogP contribution in [-0.2, 0) is 15.1 Å². The number of hydrogen-bond donors (Lipinski definition) is 2. The summed E-state index contributed by atoms with van der Waals surface area (Å²) in [6.07, 6.45) is 5.82. The molecule has 0 aliphatic carbocycles. The van der Waals surface area contributed by atoms with Crippen LogP contribution >= 0.6 is 0 Å². The van der Waals surface area contributed by atoms with Gasteiger partial charge in [0.1, 0.15) is 17.8 Å². The summed E-state index contributed by atoms with van der Waals surface area (Å²) in [6.45, 7) is 5.67. The average Bonchev–Trinajstić information content (AvgIpc) is 2.96. The maximum absolute atomic E-state index is 13.1. The molecule has 2 atom stereocenters. The average molecular weight is 404 g/mol. The summed E-state index contributed by atoms with van der Waals surface area (Å²) in [5.74, 6) is -0.0556. The van der Waals surface area contributed by atoms with E-state index in [1.54, 1.807) is 31.4 Å². The Morgan fingerprint density at radius 3 is 2.45 bits per heavy atom. The summed E-state index contributed by atoms with van der Waals surface area (Å²) in [7, 11) is 1.57. The summed E-state index contributed by atoms with van der Waals surface area (Å²) >= 11 is 0. The van der Waals surface area contributed by atoms with Crippen LogP contribution in [0.2, 0.25) is 0 Å². The summed E-state index contributed by atoms with van der Waals surface area (Å²) in [6, 6.07) is 6.50. The van der Waals surface area contributed by atoms with Crippen molar-refractivity contribution in [2.24, 2.45) is 0 Å². The summed E-state index contributed by atoms with van der Waals surface area (Å²) < 4.78 is 5.16. The van der Waals surface area contributed by atoms with Crippen molar-refractivity contribution in [2.45, 2.75) is 70.9 Å². The first-order valence-electron chi connectivity index (χ1n) is 10.5. The van der Waals surface area contributed by atoms with Gasteiger partial charge < -0.3 is 15.4 Å². The van der Waals surface area contributed by atoms with Crippen LogP contribution in [0.25, 0.3) is 0 Å². The Hall–Kier alpha value is -2.57. The van der Waals surface area contributed by atoms with Crippen molar-refractivity contribution < 1.29 is 19.1 Å². The van der Waals surface area contributed by atoms with Crippen LogP contribution in [0.3, 0.4) is 0 Å². The molecule has 2 rings (SSSR count). The quantitative estimate of drug-likeness (QED) is 0.438. The largest absolute Gasteiger partial charge is 0.497 e. The van der Waals surface area contributed by atoms with Gasteiger partial charge in [-0.2, -0.15) is 0 Å². The minimum Gasteiger partial charge on any atom is -0.497 e. The number of urea groups is 1. The van der Waals surface area contributed by atoms with Crippen LogP contribution in [-0.4, -0.2) is 42.4 Å². The first-order chi connectivity index (χ1) is 13.9. The molecule has 0 radical (unpaired) electrons. The van der Waals surface area contributed by atoms with E-state index in [-0.39, 0.29) is 18.5 Å². The Kier molecular flexibility index (Phi) is 8.05. The van der Waals surface area contributed by atoms with E-state index >= 15 is 0 Å². The minimum atomic E-state index is -1.16. The highest BCUT2D eigenvalue weighted by Crippen LogP contribution is 2.33. The van der Waals surface area contributed by atoms with Gasteiger partial charge in [-0.1, -0.05) is 51.7 Å². The van der Waals surface area contributed by atoms with Crippen LogP contribution in [0.1, 0.15) is 64.9 Å². The summed E-state index contributed by atoms with van der Waals surface area (Å²) in [5, 5.41) is 5.69. The molecule has 4 amide bonds. The molecule has 7 heteroatoms. The summed E-state index contributed by atoms with van der Waals surface area (Å²) in [4.78, 5) is 39.0. The molecule has 0 aromatic heterocycles. The lowest BCUT2D eigenvalue weighted by molar-refractivity contribution is -0.135. The Morgan fingerprint density at radius 1 is 1.17 bits per heavy atom. The van der Waals surface area contributed by atoms with Crippen molar-refractivity contribution in [3.8, 4) is 5.75 Å². The molecule has 1 aromatic carbocycles. The first-order valence-corrected chi connectivity index (χ1v) is 10.5. The van der Waals surface area contributed by atoms with Crippen molar-refractivity contribution in [1.29, 1.82) is 0 Å². The normalized spacial score (nSPS) is 19.8. The lowest BCUT2D eigenvalue weighted by Gasteiger charge is -2.26. The number of rotatable bonds is 11. The minimum absolute atomic E-state index is 0.0117. The molecule has 0 saturated carbocycles. The zero-order valence-corrected chi connectivity index (χ0v) is 17.9. The van der Waals surface area contributed by atoms with Crippen LogP contribution in [0.15, 0.2) is 24.3 Å². The SMILES string of the molecule is CCCCCC[C@@H](C)NC(=O)CN1C(=O)N[C@](CC)(c2ccc(OC)cc2)C1=O. The molecule has 0 bridgehead atoms. The monoisotopic (exact) mass is 403 g/mol. The topological polar surface area (TPSA) is 87.7 Å². The van der Waals surface area contributed by atoms with Gasteiger partial charge in [0.2, 0.25) is 5.91 Å². The Labute approximate surface area is 173 Å². The number of methoxy groups -OCH3 is 1. The van der Waals surface area contributed by atoms with Gasteiger partial charge in [-0.05, 0) is 37.5 Å². The maximum Gasteiger partial charge on any atom is 0.325 e. The number of benzene rings is 1. The van der Waals surface area contributed by atoms with Gasteiger partial charge >= 0.3 is 6.03 Å². The van der Waals surface area contributed by atoms with E-state index in [1.165, 1.54) is 12.8 Å². The molecule has 1 fully saturated rings. The number of imide groups is 1. The predicted octanol–water partition coefficient (Wildman–Crippen LogP) is 3.33. The molecule has 160 valence electrons. The van der Waals surface area contributed by atoms with Crippen LogP contribution in [0.5, 0.6) is 5.75 Å². The number of amides is 4. The van der Waals surface area contributed by atoms with E-state index < -0.39 is 17.5 Å². The van der Waals surface area contributed by atoms with Gasteiger partial charge in [-0.3, -0.25) is 14.5 Å². The molecular weight excluding hydrogens is 370 g/mol. The van der Waals surface area contributed by atoms with E-state index in [1.807, 2.05) is 13.8 Å².